The Hall–Kier alpha value is -2.80. The predicted octanol–water partition coefficient (Wildman–Crippen LogP) is 4.48. The van der Waals surface area contributed by atoms with Crippen molar-refractivity contribution in [2.45, 2.75) is 25.7 Å². The summed E-state index contributed by atoms with van der Waals surface area (Å²) in [5, 5.41) is 3.43. The van der Waals surface area contributed by atoms with Gasteiger partial charge in [-0.1, -0.05) is 25.1 Å². The van der Waals surface area contributed by atoms with Crippen LogP contribution in [0.5, 0.6) is 5.75 Å². The summed E-state index contributed by atoms with van der Waals surface area (Å²) in [5.74, 6) is 3.05. The first-order valence-corrected chi connectivity index (χ1v) is 10.1. The zero-order chi connectivity index (χ0) is 20.1. The van der Waals surface area contributed by atoms with E-state index in [0.29, 0.717) is 0 Å². The predicted molar refractivity (Wildman–Crippen MR) is 127 cm³/mol. The minimum absolute atomic E-state index is 0. The second-order valence-corrected chi connectivity index (χ2v) is 7.41. The van der Waals surface area contributed by atoms with Crippen LogP contribution in [-0.2, 0) is 0 Å². The third-order valence-corrected chi connectivity index (χ3v) is 5.40. The van der Waals surface area contributed by atoms with E-state index >= 15 is 0 Å². The van der Waals surface area contributed by atoms with Gasteiger partial charge in [-0.2, -0.15) is 13.5 Å². The summed E-state index contributed by atoms with van der Waals surface area (Å²) in [6.45, 7) is 5.12. The molecule has 1 aliphatic rings. The van der Waals surface area contributed by atoms with Gasteiger partial charge in [-0.25, -0.2) is 15.0 Å². The molecule has 0 bridgehead atoms. The Balaban J connectivity index is 0.00000256. The number of aromatic nitrogens is 3. The molecule has 0 aliphatic carbocycles. The molecular weight excluding hydrogens is 394 g/mol. The molecule has 3 heterocycles. The van der Waals surface area contributed by atoms with E-state index in [-0.39, 0.29) is 19.4 Å². The Labute approximate surface area is 185 Å². The molecule has 0 saturated carbocycles. The highest BCUT2D eigenvalue weighted by Gasteiger charge is 2.14. The monoisotopic (exact) mass is 423 g/mol. The van der Waals surface area contributed by atoms with Gasteiger partial charge < -0.3 is 15.0 Å². The number of hydrogen-bond donors (Lipinski definition) is 1. The second-order valence-electron chi connectivity index (χ2n) is 7.41. The maximum Gasteiger partial charge on any atom is 0.129 e. The first kappa shape index (κ1) is 21.9. The average molecular weight is 424 g/mol. The number of methoxy groups -OCH3 is 1. The van der Waals surface area contributed by atoms with E-state index in [0.717, 1.165) is 48.3 Å². The molecule has 3 aromatic rings. The maximum atomic E-state index is 5.48. The average Bonchev–Trinajstić information content (AvgIpc) is 3.33. The van der Waals surface area contributed by atoms with Crippen molar-refractivity contribution in [1.82, 2.24) is 15.0 Å². The van der Waals surface area contributed by atoms with Crippen LogP contribution in [-0.4, -0.2) is 41.7 Å². The molecule has 7 heteroatoms. The van der Waals surface area contributed by atoms with Crippen molar-refractivity contribution in [3.8, 4) is 17.0 Å². The van der Waals surface area contributed by atoms with E-state index in [1.165, 1.54) is 18.4 Å². The lowest BCUT2D eigenvalue weighted by atomic mass is 10.00. The molecule has 1 aromatic carbocycles. The molecule has 30 heavy (non-hydrogen) atoms. The van der Waals surface area contributed by atoms with E-state index in [1.807, 2.05) is 30.5 Å². The Morgan fingerprint density at radius 2 is 1.87 bits per heavy atom. The zero-order valence-electron chi connectivity index (χ0n) is 17.5. The van der Waals surface area contributed by atoms with Gasteiger partial charge in [0.1, 0.15) is 23.7 Å². The minimum Gasteiger partial charge on any atom is -0.496 e. The third kappa shape index (κ3) is 5.02. The number of hydrogen-bond acceptors (Lipinski definition) is 6. The number of pyridine rings is 1. The van der Waals surface area contributed by atoms with Crippen molar-refractivity contribution in [1.29, 1.82) is 0 Å². The van der Waals surface area contributed by atoms with Gasteiger partial charge in [0.25, 0.3) is 0 Å². The van der Waals surface area contributed by atoms with Crippen molar-refractivity contribution in [3.63, 3.8) is 0 Å². The lowest BCUT2D eigenvalue weighted by Gasteiger charge is -2.17. The van der Waals surface area contributed by atoms with Crippen molar-refractivity contribution < 1.29 is 4.74 Å². The summed E-state index contributed by atoms with van der Waals surface area (Å²) < 4.78 is 5.48. The second kappa shape index (κ2) is 10.3. The Morgan fingerprint density at radius 3 is 2.60 bits per heavy atom. The number of ether oxygens (including phenoxy) is 1. The summed E-state index contributed by atoms with van der Waals surface area (Å²) in [6.07, 6.45) is 5.99. The molecule has 1 atom stereocenters. The van der Waals surface area contributed by atoms with Crippen molar-refractivity contribution in [2.24, 2.45) is 0 Å². The van der Waals surface area contributed by atoms with E-state index in [1.54, 1.807) is 13.4 Å². The van der Waals surface area contributed by atoms with Gasteiger partial charge in [0, 0.05) is 43.4 Å². The highest BCUT2D eigenvalue weighted by molar-refractivity contribution is 7.59. The highest BCUT2D eigenvalue weighted by atomic mass is 32.1. The van der Waals surface area contributed by atoms with Gasteiger partial charge in [-0.3, -0.25) is 0 Å². The van der Waals surface area contributed by atoms with Crippen LogP contribution in [0.25, 0.3) is 11.3 Å². The Bertz CT molecular complexity index is 944. The van der Waals surface area contributed by atoms with Crippen LogP contribution in [0.2, 0.25) is 0 Å². The van der Waals surface area contributed by atoms with Crippen LogP contribution in [0.15, 0.2) is 55.0 Å². The fraction of sp³-hybridized carbons (Fsp3) is 0.348. The number of rotatable bonds is 7. The Morgan fingerprint density at radius 1 is 1.07 bits per heavy atom. The first-order chi connectivity index (χ1) is 14.2. The van der Waals surface area contributed by atoms with Crippen LogP contribution in [0.3, 0.4) is 0 Å². The quantitative estimate of drug-likeness (QED) is 0.605. The molecule has 0 radical (unpaired) electrons. The molecule has 0 unspecified atom stereocenters. The van der Waals surface area contributed by atoms with Crippen LogP contribution < -0.4 is 15.0 Å². The lowest BCUT2D eigenvalue weighted by molar-refractivity contribution is 0.407. The highest BCUT2D eigenvalue weighted by Crippen LogP contribution is 2.27. The van der Waals surface area contributed by atoms with E-state index < -0.39 is 0 Å². The molecule has 1 aliphatic heterocycles. The standard InChI is InChI=1S/C23H27N5O.H2S/c1-17(19-7-3-4-8-21(19)29-2)14-24-22-13-20(26-16-27-22)18-9-10-23(25-15-18)28-11-5-6-12-28;/h3-4,7-10,13,15-17H,5-6,11-12,14H2,1-2H3,(H,24,26,27);1H2/t17-;/m1./s1. The minimum atomic E-state index is 0. The van der Waals surface area contributed by atoms with Crippen molar-refractivity contribution in [2.75, 3.05) is 37.0 Å². The fourth-order valence-corrected chi connectivity index (χ4v) is 3.72. The SMILES string of the molecule is COc1ccccc1[C@H](C)CNc1cc(-c2ccc(N3CCCC3)nc2)ncn1.S. The molecule has 2 aromatic heterocycles. The van der Waals surface area contributed by atoms with Gasteiger partial charge in [0.05, 0.1) is 12.8 Å². The van der Waals surface area contributed by atoms with Crippen LogP contribution in [0.4, 0.5) is 11.6 Å². The lowest BCUT2D eigenvalue weighted by Crippen LogP contribution is -2.18. The number of benzene rings is 1. The van der Waals surface area contributed by atoms with Gasteiger partial charge in [0.2, 0.25) is 0 Å². The topological polar surface area (TPSA) is 63.2 Å². The third-order valence-electron chi connectivity index (χ3n) is 5.40. The fourth-order valence-electron chi connectivity index (χ4n) is 3.72. The summed E-state index contributed by atoms with van der Waals surface area (Å²) >= 11 is 0. The van der Waals surface area contributed by atoms with Crippen LogP contribution in [0.1, 0.15) is 31.2 Å². The normalized spacial score (nSPS) is 14.1. The Kier molecular flexibility index (Phi) is 7.52. The van der Waals surface area contributed by atoms with Crippen molar-refractivity contribution >= 4 is 25.1 Å². The summed E-state index contributed by atoms with van der Waals surface area (Å²) in [7, 11) is 1.71. The number of anilines is 2. The van der Waals surface area contributed by atoms with E-state index in [2.05, 4.69) is 50.3 Å². The number of nitrogens with zero attached hydrogens (tertiary/aromatic N) is 4. The molecule has 4 rings (SSSR count). The van der Waals surface area contributed by atoms with Gasteiger partial charge in [-0.05, 0) is 36.6 Å². The number of para-hydroxylation sites is 1. The van der Waals surface area contributed by atoms with E-state index in [9.17, 15) is 0 Å². The molecule has 1 N–H and O–H groups in total. The molecular formula is C23H29N5OS. The molecule has 0 amide bonds. The molecule has 158 valence electrons. The molecule has 6 nitrogen and oxygen atoms in total. The van der Waals surface area contributed by atoms with Crippen LogP contribution in [0, 0.1) is 0 Å². The molecule has 1 fully saturated rings. The van der Waals surface area contributed by atoms with E-state index in [4.69, 9.17) is 4.74 Å². The largest absolute Gasteiger partial charge is 0.496 e. The smallest absolute Gasteiger partial charge is 0.129 e. The summed E-state index contributed by atoms with van der Waals surface area (Å²) in [6, 6.07) is 14.3. The molecule has 1 saturated heterocycles. The van der Waals surface area contributed by atoms with Gasteiger partial charge in [0.15, 0.2) is 0 Å². The number of nitrogens with one attached hydrogen (secondary N) is 1. The van der Waals surface area contributed by atoms with Gasteiger partial charge >= 0.3 is 0 Å². The summed E-state index contributed by atoms with van der Waals surface area (Å²) in [4.78, 5) is 15.8. The first-order valence-electron chi connectivity index (χ1n) is 10.1. The zero-order valence-corrected chi connectivity index (χ0v) is 18.5. The van der Waals surface area contributed by atoms with Crippen molar-refractivity contribution in [3.05, 3.63) is 60.6 Å². The molecule has 0 spiro atoms. The van der Waals surface area contributed by atoms with Crippen LogP contribution >= 0.6 is 13.5 Å². The maximum absolute atomic E-state index is 5.48. The van der Waals surface area contributed by atoms with Gasteiger partial charge in [-0.15, -0.1) is 0 Å². The summed E-state index contributed by atoms with van der Waals surface area (Å²) in [5.41, 5.74) is 3.04.